The fraction of sp³-hybridized carbons (Fsp3) is 0.406. The second-order valence-corrected chi connectivity index (χ2v) is 11.7. The number of amides is 2. The summed E-state index contributed by atoms with van der Waals surface area (Å²) in [7, 11) is 0. The summed E-state index contributed by atoms with van der Waals surface area (Å²) in [5.74, 6) is -0.442. The Morgan fingerprint density at radius 1 is 0.854 bits per heavy atom. The van der Waals surface area contributed by atoms with Gasteiger partial charge in [-0.1, -0.05) is 76.2 Å². The molecule has 41 heavy (non-hydrogen) atoms. The highest BCUT2D eigenvalue weighted by Gasteiger charge is 2.36. The van der Waals surface area contributed by atoms with Crippen molar-refractivity contribution in [2.75, 3.05) is 13.1 Å². The molecule has 0 aliphatic carbocycles. The number of H-pyrrole nitrogens is 2. The van der Waals surface area contributed by atoms with Crippen LogP contribution in [0.2, 0.25) is 0 Å². The monoisotopic (exact) mass is 560 g/mol. The molecule has 1 saturated heterocycles. The number of nitrogens with one attached hydrogen (secondary N) is 3. The Bertz CT molecular complexity index is 1450. The number of carbonyl (C=O) groups is 1. The van der Waals surface area contributed by atoms with Gasteiger partial charge in [-0.2, -0.15) is 0 Å². The molecule has 4 aromatic rings. The van der Waals surface area contributed by atoms with Gasteiger partial charge in [-0.25, -0.2) is 23.5 Å². The van der Waals surface area contributed by atoms with E-state index in [-0.39, 0.29) is 43.9 Å². The second kappa shape index (κ2) is 11.8. The molecule has 1 fully saturated rings. The van der Waals surface area contributed by atoms with E-state index >= 15 is 0 Å². The van der Waals surface area contributed by atoms with Crippen LogP contribution >= 0.6 is 0 Å². The highest BCUT2D eigenvalue weighted by Crippen LogP contribution is 2.30. The van der Waals surface area contributed by atoms with E-state index < -0.39 is 5.92 Å². The summed E-state index contributed by atoms with van der Waals surface area (Å²) >= 11 is 0. The summed E-state index contributed by atoms with van der Waals surface area (Å²) in [4.78, 5) is 30.1. The highest BCUT2D eigenvalue weighted by atomic mass is 19.3. The van der Waals surface area contributed by atoms with Crippen molar-refractivity contribution < 1.29 is 13.6 Å². The van der Waals surface area contributed by atoms with Crippen LogP contribution in [-0.4, -0.2) is 49.9 Å². The van der Waals surface area contributed by atoms with E-state index in [4.69, 9.17) is 0 Å². The maximum atomic E-state index is 13.5. The van der Waals surface area contributed by atoms with Crippen LogP contribution in [0.3, 0.4) is 0 Å². The average Bonchev–Trinajstić information content (AvgIpc) is 3.62. The van der Waals surface area contributed by atoms with Gasteiger partial charge < -0.3 is 20.2 Å². The molecule has 0 radical (unpaired) electrons. The number of hydrogen-bond acceptors (Lipinski definition) is 3. The van der Waals surface area contributed by atoms with E-state index in [1.54, 1.807) is 6.20 Å². The average molecular weight is 561 g/mol. The molecular weight excluding hydrogens is 522 g/mol. The Morgan fingerprint density at radius 2 is 1.37 bits per heavy atom. The standard InChI is InChI=1S/C32H38F2N6O/c1-20(2)17-28-35-18-26(37-28)24-9-5-22(6-10-24)23-7-11-25(12-8-23)27-19-36-30(38-27)29(21(3)4)39-31(41)40-15-13-32(33,34)14-16-40/h5-12,18-21,29H,13-17H2,1-4H3,(H,35,37)(H,36,38)(H,39,41)/t29-/m0/s1. The van der Waals surface area contributed by atoms with Gasteiger partial charge in [0.1, 0.15) is 11.6 Å². The SMILES string of the molecule is CC(C)Cc1ncc(-c2ccc(-c3ccc(-c4cnc([C@@H](NC(=O)N5CCC(F)(F)CC5)C(C)C)[nH]4)cc3)cc2)[nH]1. The number of alkyl halides is 2. The number of urea groups is 1. The first-order valence-electron chi connectivity index (χ1n) is 14.3. The van der Waals surface area contributed by atoms with Crippen molar-refractivity contribution in [2.45, 2.75) is 58.9 Å². The number of hydrogen-bond donors (Lipinski definition) is 3. The third kappa shape index (κ3) is 6.84. The zero-order chi connectivity index (χ0) is 29.1. The van der Waals surface area contributed by atoms with E-state index in [1.807, 2.05) is 32.2 Å². The molecular formula is C32H38F2N6O. The summed E-state index contributed by atoms with van der Waals surface area (Å²) in [6.07, 6.45) is 3.98. The molecule has 2 amide bonds. The molecule has 216 valence electrons. The molecule has 1 atom stereocenters. The van der Waals surface area contributed by atoms with E-state index in [9.17, 15) is 13.6 Å². The van der Waals surface area contributed by atoms with Gasteiger partial charge in [-0.15, -0.1) is 0 Å². The molecule has 5 rings (SSSR count). The van der Waals surface area contributed by atoms with Crippen LogP contribution < -0.4 is 5.32 Å². The van der Waals surface area contributed by atoms with Gasteiger partial charge in [0.15, 0.2) is 0 Å². The zero-order valence-electron chi connectivity index (χ0n) is 24.0. The number of likely N-dealkylation sites (tertiary alicyclic amines) is 1. The molecule has 3 N–H and O–H groups in total. The van der Waals surface area contributed by atoms with Gasteiger partial charge in [0.05, 0.1) is 29.8 Å². The largest absolute Gasteiger partial charge is 0.342 e. The number of nitrogens with zero attached hydrogens (tertiary/aromatic N) is 3. The summed E-state index contributed by atoms with van der Waals surface area (Å²) in [5.41, 5.74) is 6.16. The molecule has 1 aliphatic heterocycles. The van der Waals surface area contributed by atoms with Crippen LogP contribution in [0.1, 0.15) is 58.2 Å². The van der Waals surface area contributed by atoms with Gasteiger partial charge >= 0.3 is 6.03 Å². The number of aromatic nitrogens is 4. The fourth-order valence-electron chi connectivity index (χ4n) is 5.14. The molecule has 1 aliphatic rings. The maximum absolute atomic E-state index is 13.5. The van der Waals surface area contributed by atoms with Crippen molar-refractivity contribution in [3.8, 4) is 33.6 Å². The van der Waals surface area contributed by atoms with Gasteiger partial charge in [0.2, 0.25) is 0 Å². The van der Waals surface area contributed by atoms with Crippen LogP contribution in [-0.2, 0) is 6.42 Å². The normalized spacial score (nSPS) is 15.9. The van der Waals surface area contributed by atoms with Gasteiger partial charge in [-0.3, -0.25) is 0 Å². The first kappa shape index (κ1) is 28.5. The van der Waals surface area contributed by atoms with Gasteiger partial charge in [0, 0.05) is 32.4 Å². The lowest BCUT2D eigenvalue weighted by Gasteiger charge is -2.33. The predicted octanol–water partition coefficient (Wildman–Crippen LogP) is 7.47. The van der Waals surface area contributed by atoms with Crippen molar-refractivity contribution in [1.82, 2.24) is 30.2 Å². The van der Waals surface area contributed by atoms with Crippen molar-refractivity contribution in [3.63, 3.8) is 0 Å². The Balaban J connectivity index is 1.24. The molecule has 0 saturated carbocycles. The minimum Gasteiger partial charge on any atom is -0.342 e. The molecule has 0 spiro atoms. The topological polar surface area (TPSA) is 89.7 Å². The van der Waals surface area contributed by atoms with Crippen molar-refractivity contribution >= 4 is 6.03 Å². The molecule has 2 aromatic carbocycles. The first-order valence-corrected chi connectivity index (χ1v) is 14.3. The number of rotatable bonds is 8. The van der Waals surface area contributed by atoms with Gasteiger partial charge in [-0.05, 0) is 34.1 Å². The maximum Gasteiger partial charge on any atom is 0.318 e. The molecule has 7 nitrogen and oxygen atoms in total. The van der Waals surface area contributed by atoms with Crippen LogP contribution in [0, 0.1) is 11.8 Å². The molecule has 0 bridgehead atoms. The van der Waals surface area contributed by atoms with E-state index in [0.717, 1.165) is 45.9 Å². The lowest BCUT2D eigenvalue weighted by atomic mass is 10.0. The van der Waals surface area contributed by atoms with Gasteiger partial charge in [0.25, 0.3) is 5.92 Å². The smallest absolute Gasteiger partial charge is 0.318 e. The minimum atomic E-state index is -2.69. The Kier molecular flexibility index (Phi) is 8.24. The number of carbonyl (C=O) groups excluding carboxylic acids is 1. The Morgan fingerprint density at radius 3 is 1.90 bits per heavy atom. The number of benzene rings is 2. The highest BCUT2D eigenvalue weighted by molar-refractivity contribution is 5.75. The number of halogens is 2. The summed E-state index contributed by atoms with van der Waals surface area (Å²) < 4.78 is 27.0. The quantitative estimate of drug-likeness (QED) is 0.209. The first-order chi connectivity index (χ1) is 19.6. The molecule has 3 heterocycles. The second-order valence-electron chi connectivity index (χ2n) is 11.7. The summed E-state index contributed by atoms with van der Waals surface area (Å²) in [5, 5.41) is 2.99. The van der Waals surface area contributed by atoms with E-state index in [1.165, 1.54) is 4.90 Å². The van der Waals surface area contributed by atoms with E-state index in [0.29, 0.717) is 11.7 Å². The number of imidazole rings is 2. The minimum absolute atomic E-state index is 0.0462. The van der Waals surface area contributed by atoms with Crippen LogP contribution in [0.15, 0.2) is 60.9 Å². The third-order valence-electron chi connectivity index (χ3n) is 7.57. The molecule has 0 unspecified atom stereocenters. The number of aromatic amines is 2. The molecule has 2 aromatic heterocycles. The molecule has 9 heteroatoms. The van der Waals surface area contributed by atoms with Crippen molar-refractivity contribution in [1.29, 1.82) is 0 Å². The summed E-state index contributed by atoms with van der Waals surface area (Å²) in [6, 6.07) is 16.0. The van der Waals surface area contributed by atoms with Crippen molar-refractivity contribution in [3.05, 3.63) is 72.6 Å². The zero-order valence-corrected chi connectivity index (χ0v) is 24.0. The van der Waals surface area contributed by atoms with Crippen LogP contribution in [0.25, 0.3) is 33.6 Å². The fourth-order valence-corrected chi connectivity index (χ4v) is 5.14. The third-order valence-corrected chi connectivity index (χ3v) is 7.57. The van der Waals surface area contributed by atoms with E-state index in [2.05, 4.69) is 75.5 Å². The predicted molar refractivity (Wildman–Crippen MR) is 157 cm³/mol. The number of piperidine rings is 1. The van der Waals surface area contributed by atoms with Crippen LogP contribution in [0.5, 0.6) is 0 Å². The Labute approximate surface area is 239 Å². The van der Waals surface area contributed by atoms with Crippen LogP contribution in [0.4, 0.5) is 13.6 Å². The van der Waals surface area contributed by atoms with Crippen molar-refractivity contribution in [2.24, 2.45) is 11.8 Å². The lowest BCUT2D eigenvalue weighted by molar-refractivity contribution is -0.0472. The lowest BCUT2D eigenvalue weighted by Crippen LogP contribution is -2.48. The summed E-state index contributed by atoms with van der Waals surface area (Å²) in [6.45, 7) is 8.45. The Hall–Kier alpha value is -4.01.